The Morgan fingerprint density at radius 2 is 2.30 bits per heavy atom. The smallest absolute Gasteiger partial charge is 0.317 e. The lowest BCUT2D eigenvalue weighted by Gasteiger charge is -2.30. The molecule has 3 rings (SSSR count). The second-order valence-electron chi connectivity index (χ2n) is 6.67. The van der Waals surface area contributed by atoms with Crippen molar-refractivity contribution in [3.05, 3.63) is 23.5 Å². The first-order chi connectivity index (χ1) is 11.3. The van der Waals surface area contributed by atoms with Gasteiger partial charge in [0.25, 0.3) is 0 Å². The highest BCUT2D eigenvalue weighted by molar-refractivity contribution is 5.74. The summed E-state index contributed by atoms with van der Waals surface area (Å²) in [5.74, 6) is 0.955. The molecule has 0 radical (unpaired) electrons. The summed E-state index contributed by atoms with van der Waals surface area (Å²) in [7, 11) is 0. The van der Waals surface area contributed by atoms with Crippen LogP contribution in [0, 0.1) is 11.8 Å². The summed E-state index contributed by atoms with van der Waals surface area (Å²) < 4.78 is 0. The number of hydrogen-bond donors (Lipinski definition) is 2. The molecule has 6 nitrogen and oxygen atoms in total. The largest absolute Gasteiger partial charge is 0.365 e. The van der Waals surface area contributed by atoms with E-state index in [1.165, 1.54) is 11.3 Å². The number of H-pyrrole nitrogens is 1. The number of amides is 2. The first-order valence-electron chi connectivity index (χ1n) is 8.47. The molecule has 2 heterocycles. The highest BCUT2D eigenvalue weighted by Crippen LogP contribution is 2.28. The number of carbonyl (C=O) groups excluding carboxylic acids is 2. The van der Waals surface area contributed by atoms with Crippen LogP contribution < -0.4 is 5.32 Å². The molecule has 2 N–H and O–H groups in total. The lowest BCUT2D eigenvalue weighted by atomic mass is 9.81. The van der Waals surface area contributed by atoms with Crippen molar-refractivity contribution in [3.8, 4) is 0 Å². The van der Waals surface area contributed by atoms with Crippen molar-refractivity contribution in [3.63, 3.8) is 0 Å². The Balaban J connectivity index is 1.45. The van der Waals surface area contributed by atoms with Gasteiger partial charge in [0.1, 0.15) is 0 Å². The molecule has 0 saturated heterocycles. The Bertz CT molecular complexity index is 591. The van der Waals surface area contributed by atoms with Crippen LogP contribution in [0.5, 0.6) is 0 Å². The van der Waals surface area contributed by atoms with E-state index in [1.54, 1.807) is 6.08 Å². The fourth-order valence-electron chi connectivity index (χ4n) is 3.79. The minimum absolute atomic E-state index is 0.0323. The monoisotopic (exact) mass is 316 g/mol. The molecule has 0 spiro atoms. The van der Waals surface area contributed by atoms with Gasteiger partial charge in [-0.3, -0.25) is 0 Å². The summed E-state index contributed by atoms with van der Waals surface area (Å²) >= 11 is 0. The standard InChI is InChI=1S/C17H24N4O2/c22-12-18-9-13-2-1-3-14(8-13)10-20-17(23)21-7-5-16-15(11-21)4-6-19-16/h4,6,13-14,19H,1-3,5,7-11H2,(H,20,23). The Morgan fingerprint density at radius 1 is 1.43 bits per heavy atom. The number of rotatable bonds is 4. The first-order valence-corrected chi connectivity index (χ1v) is 8.47. The van der Waals surface area contributed by atoms with E-state index in [4.69, 9.17) is 0 Å². The number of isocyanates is 1. The number of aromatic nitrogens is 1. The highest BCUT2D eigenvalue weighted by atomic mass is 16.2. The summed E-state index contributed by atoms with van der Waals surface area (Å²) in [6, 6.07) is 2.08. The molecule has 0 aromatic carbocycles. The molecule has 1 fully saturated rings. The van der Waals surface area contributed by atoms with E-state index in [0.717, 1.165) is 45.2 Å². The fraction of sp³-hybridized carbons (Fsp3) is 0.647. The topological polar surface area (TPSA) is 77.6 Å². The maximum absolute atomic E-state index is 12.4. The zero-order chi connectivity index (χ0) is 16.1. The number of fused-ring (bicyclic) bond motifs is 1. The molecule has 1 aromatic rings. The number of aromatic amines is 1. The van der Waals surface area contributed by atoms with Gasteiger partial charge in [-0.1, -0.05) is 6.42 Å². The van der Waals surface area contributed by atoms with E-state index >= 15 is 0 Å². The molecule has 1 aromatic heterocycles. The van der Waals surface area contributed by atoms with Crippen molar-refractivity contribution in [1.82, 2.24) is 15.2 Å². The van der Waals surface area contributed by atoms with Crippen LogP contribution in [0.3, 0.4) is 0 Å². The maximum atomic E-state index is 12.4. The SMILES string of the molecule is O=C=NCC1CCCC(CNC(=O)N2CCc3[nH]ccc3C2)C1. The predicted molar refractivity (Wildman–Crippen MR) is 86.7 cm³/mol. The summed E-state index contributed by atoms with van der Waals surface area (Å²) in [4.78, 5) is 31.4. The molecular formula is C17H24N4O2. The van der Waals surface area contributed by atoms with Crippen molar-refractivity contribution in [2.75, 3.05) is 19.6 Å². The van der Waals surface area contributed by atoms with Crippen LogP contribution in [0.15, 0.2) is 17.3 Å². The van der Waals surface area contributed by atoms with Crippen molar-refractivity contribution >= 4 is 12.1 Å². The van der Waals surface area contributed by atoms with Crippen LogP contribution in [0.25, 0.3) is 0 Å². The van der Waals surface area contributed by atoms with Crippen LogP contribution in [0.1, 0.15) is 36.9 Å². The second kappa shape index (κ2) is 7.47. The zero-order valence-electron chi connectivity index (χ0n) is 13.4. The number of nitrogens with one attached hydrogen (secondary N) is 2. The first kappa shape index (κ1) is 15.8. The number of hydrogen-bond acceptors (Lipinski definition) is 3. The molecule has 6 heteroatoms. The molecule has 124 valence electrons. The molecule has 2 unspecified atom stereocenters. The lowest BCUT2D eigenvalue weighted by molar-refractivity contribution is 0.186. The summed E-state index contributed by atoms with van der Waals surface area (Å²) in [5, 5.41) is 3.09. The fourth-order valence-corrected chi connectivity index (χ4v) is 3.79. The average molecular weight is 316 g/mol. The minimum atomic E-state index is 0.0323. The molecule has 2 amide bonds. The number of carbonyl (C=O) groups is 1. The highest BCUT2D eigenvalue weighted by Gasteiger charge is 2.24. The van der Waals surface area contributed by atoms with Gasteiger partial charge in [0.15, 0.2) is 0 Å². The van der Waals surface area contributed by atoms with E-state index < -0.39 is 0 Å². The second-order valence-corrected chi connectivity index (χ2v) is 6.67. The van der Waals surface area contributed by atoms with Gasteiger partial charge in [-0.05, 0) is 42.7 Å². The van der Waals surface area contributed by atoms with Crippen molar-refractivity contribution in [2.45, 2.75) is 38.6 Å². The number of aliphatic imine (C=N–C) groups is 1. The Kier molecular flexibility index (Phi) is 5.13. The molecule has 1 saturated carbocycles. The van der Waals surface area contributed by atoms with E-state index in [2.05, 4.69) is 15.3 Å². The third kappa shape index (κ3) is 4.02. The molecule has 1 aliphatic heterocycles. The quantitative estimate of drug-likeness (QED) is 0.660. The van der Waals surface area contributed by atoms with Crippen molar-refractivity contribution in [2.24, 2.45) is 16.8 Å². The molecule has 23 heavy (non-hydrogen) atoms. The Labute approximate surface area is 136 Å². The number of nitrogens with zero attached hydrogens (tertiary/aromatic N) is 2. The van der Waals surface area contributed by atoms with Gasteiger partial charge in [0, 0.05) is 37.9 Å². The van der Waals surface area contributed by atoms with Crippen LogP contribution in [-0.2, 0) is 17.8 Å². The Morgan fingerprint density at radius 3 is 3.17 bits per heavy atom. The van der Waals surface area contributed by atoms with Gasteiger partial charge in [0.2, 0.25) is 6.08 Å². The summed E-state index contributed by atoms with van der Waals surface area (Å²) in [6.07, 6.45) is 8.91. The van der Waals surface area contributed by atoms with Crippen LogP contribution in [-0.4, -0.2) is 41.6 Å². The van der Waals surface area contributed by atoms with Crippen molar-refractivity contribution in [1.29, 1.82) is 0 Å². The molecule has 2 atom stereocenters. The molecular weight excluding hydrogens is 292 g/mol. The molecule has 0 bridgehead atoms. The Hall–Kier alpha value is -2.07. The van der Waals surface area contributed by atoms with E-state index in [0.29, 0.717) is 24.9 Å². The van der Waals surface area contributed by atoms with Crippen LogP contribution >= 0.6 is 0 Å². The summed E-state index contributed by atoms with van der Waals surface area (Å²) in [6.45, 7) is 2.75. The third-order valence-electron chi connectivity index (χ3n) is 5.06. The van der Waals surface area contributed by atoms with Gasteiger partial charge in [0.05, 0.1) is 6.54 Å². The zero-order valence-corrected chi connectivity index (χ0v) is 13.4. The maximum Gasteiger partial charge on any atom is 0.317 e. The van der Waals surface area contributed by atoms with E-state index in [1.807, 2.05) is 17.2 Å². The van der Waals surface area contributed by atoms with E-state index in [-0.39, 0.29) is 6.03 Å². The van der Waals surface area contributed by atoms with Gasteiger partial charge < -0.3 is 15.2 Å². The van der Waals surface area contributed by atoms with Crippen LogP contribution in [0.2, 0.25) is 0 Å². The van der Waals surface area contributed by atoms with Crippen LogP contribution in [0.4, 0.5) is 4.79 Å². The number of urea groups is 1. The van der Waals surface area contributed by atoms with Gasteiger partial charge >= 0.3 is 6.03 Å². The van der Waals surface area contributed by atoms with Gasteiger partial charge in [-0.25, -0.2) is 14.6 Å². The lowest BCUT2D eigenvalue weighted by Crippen LogP contribution is -2.44. The van der Waals surface area contributed by atoms with Crippen molar-refractivity contribution < 1.29 is 9.59 Å². The molecule has 1 aliphatic carbocycles. The molecule has 2 aliphatic rings. The normalized spacial score (nSPS) is 23.7. The minimum Gasteiger partial charge on any atom is -0.365 e. The van der Waals surface area contributed by atoms with Gasteiger partial charge in [-0.2, -0.15) is 0 Å². The average Bonchev–Trinajstić information content (AvgIpc) is 3.06. The van der Waals surface area contributed by atoms with Gasteiger partial charge in [-0.15, -0.1) is 0 Å². The van der Waals surface area contributed by atoms with E-state index in [9.17, 15) is 9.59 Å². The summed E-state index contributed by atoms with van der Waals surface area (Å²) in [5.41, 5.74) is 2.47. The predicted octanol–water partition coefficient (Wildman–Crippen LogP) is 2.22. The third-order valence-corrected chi connectivity index (χ3v) is 5.06.